The lowest BCUT2D eigenvalue weighted by molar-refractivity contribution is 0.0744. The predicted octanol–water partition coefficient (Wildman–Crippen LogP) is 4.49. The van der Waals surface area contributed by atoms with Crippen LogP contribution in [0, 0.1) is 19.7 Å². The number of aromatic amines is 1. The molecule has 1 amide bonds. The Labute approximate surface area is 162 Å². The number of carbonyl (C=O) groups is 1. The number of amides is 1. The van der Waals surface area contributed by atoms with Crippen molar-refractivity contribution in [2.75, 3.05) is 6.54 Å². The maximum atomic E-state index is 13.5. The van der Waals surface area contributed by atoms with Crippen molar-refractivity contribution >= 4 is 5.91 Å². The first kappa shape index (κ1) is 18.2. The number of hydrogen-bond donors (Lipinski definition) is 2. The van der Waals surface area contributed by atoms with Crippen LogP contribution in [0.5, 0.6) is 5.75 Å². The fourth-order valence-corrected chi connectivity index (χ4v) is 4.01. The van der Waals surface area contributed by atoms with Gasteiger partial charge in [0.05, 0.1) is 6.04 Å². The number of benzene rings is 2. The Morgan fingerprint density at radius 3 is 2.61 bits per heavy atom. The summed E-state index contributed by atoms with van der Waals surface area (Å²) in [4.78, 5) is 14.8. The van der Waals surface area contributed by atoms with Gasteiger partial charge in [-0.05, 0) is 55.2 Å². The van der Waals surface area contributed by atoms with Crippen LogP contribution in [-0.4, -0.2) is 32.7 Å². The third kappa shape index (κ3) is 2.76. The van der Waals surface area contributed by atoms with Crippen molar-refractivity contribution in [2.45, 2.75) is 33.2 Å². The number of nitrogens with zero attached hydrogens (tertiary/aromatic N) is 2. The number of carbonyl (C=O) groups excluding carboxylic acids is 1. The van der Waals surface area contributed by atoms with Gasteiger partial charge in [0.2, 0.25) is 0 Å². The summed E-state index contributed by atoms with van der Waals surface area (Å²) in [6.45, 7) is 6.37. The van der Waals surface area contributed by atoms with Crippen LogP contribution in [0.25, 0.3) is 11.3 Å². The second-order valence-electron chi connectivity index (χ2n) is 7.29. The highest BCUT2D eigenvalue weighted by Gasteiger charge is 2.42. The zero-order valence-corrected chi connectivity index (χ0v) is 16.1. The molecule has 6 heteroatoms. The predicted molar refractivity (Wildman–Crippen MR) is 105 cm³/mol. The lowest BCUT2D eigenvalue weighted by atomic mass is 9.94. The molecule has 1 unspecified atom stereocenters. The number of halogens is 1. The van der Waals surface area contributed by atoms with Crippen molar-refractivity contribution < 1.29 is 14.3 Å². The molecule has 0 radical (unpaired) electrons. The van der Waals surface area contributed by atoms with Gasteiger partial charge in [-0.25, -0.2) is 4.39 Å². The Kier molecular flexibility index (Phi) is 4.41. The molecule has 144 valence electrons. The van der Waals surface area contributed by atoms with Gasteiger partial charge in [0.15, 0.2) is 0 Å². The molecule has 28 heavy (non-hydrogen) atoms. The number of rotatable bonds is 4. The standard InChI is InChI=1S/C22H22FN3O2/c1-4-9-26-20(14-5-7-15(23)8-6-14)17-18(24-25-19(17)22(26)28)16-11-12(2)10-13(3)21(16)27/h5-8,10-11,20,27H,4,9H2,1-3H3,(H,24,25). The minimum absolute atomic E-state index is 0.131. The quantitative estimate of drug-likeness (QED) is 0.702. The normalized spacial score (nSPS) is 15.9. The summed E-state index contributed by atoms with van der Waals surface area (Å²) in [5, 5.41) is 17.9. The number of fused-ring (bicyclic) bond motifs is 1. The molecular formula is C22H22FN3O2. The van der Waals surface area contributed by atoms with Gasteiger partial charge in [-0.3, -0.25) is 9.89 Å². The SMILES string of the molecule is CCCN1C(=O)c2[nH]nc(-c3cc(C)cc(C)c3O)c2C1c1ccc(F)cc1. The van der Waals surface area contributed by atoms with Gasteiger partial charge in [0.1, 0.15) is 23.0 Å². The van der Waals surface area contributed by atoms with Crippen molar-refractivity contribution in [3.63, 3.8) is 0 Å². The molecule has 2 N–H and O–H groups in total. The van der Waals surface area contributed by atoms with Crippen LogP contribution in [-0.2, 0) is 0 Å². The lowest BCUT2D eigenvalue weighted by Crippen LogP contribution is -2.30. The Morgan fingerprint density at radius 1 is 1.21 bits per heavy atom. The fraction of sp³-hybridized carbons (Fsp3) is 0.273. The van der Waals surface area contributed by atoms with Crippen LogP contribution >= 0.6 is 0 Å². The van der Waals surface area contributed by atoms with E-state index in [1.165, 1.54) is 12.1 Å². The number of aryl methyl sites for hydroxylation is 2. The largest absolute Gasteiger partial charge is 0.507 e. The minimum Gasteiger partial charge on any atom is -0.507 e. The zero-order valence-electron chi connectivity index (χ0n) is 16.1. The van der Waals surface area contributed by atoms with E-state index in [2.05, 4.69) is 10.2 Å². The molecule has 1 aromatic heterocycles. The van der Waals surface area contributed by atoms with Crippen LogP contribution < -0.4 is 0 Å². The molecule has 0 bridgehead atoms. The van der Waals surface area contributed by atoms with E-state index < -0.39 is 0 Å². The van der Waals surface area contributed by atoms with E-state index >= 15 is 0 Å². The molecular weight excluding hydrogens is 357 g/mol. The molecule has 3 aromatic rings. The van der Waals surface area contributed by atoms with Gasteiger partial charge in [-0.2, -0.15) is 5.10 Å². The molecule has 2 heterocycles. The molecule has 4 rings (SSSR count). The molecule has 1 atom stereocenters. The van der Waals surface area contributed by atoms with Crippen molar-refractivity contribution in [1.29, 1.82) is 0 Å². The van der Waals surface area contributed by atoms with Gasteiger partial charge < -0.3 is 10.0 Å². The van der Waals surface area contributed by atoms with Gasteiger partial charge in [0, 0.05) is 17.7 Å². The second kappa shape index (κ2) is 6.78. The van der Waals surface area contributed by atoms with Crippen molar-refractivity contribution in [3.8, 4) is 17.0 Å². The van der Waals surface area contributed by atoms with Crippen LogP contribution in [0.2, 0.25) is 0 Å². The van der Waals surface area contributed by atoms with Crippen LogP contribution in [0.3, 0.4) is 0 Å². The van der Waals surface area contributed by atoms with Crippen molar-refractivity contribution in [3.05, 3.63) is 70.2 Å². The van der Waals surface area contributed by atoms with E-state index in [0.29, 0.717) is 23.5 Å². The number of aromatic hydroxyl groups is 1. The van der Waals surface area contributed by atoms with Crippen LogP contribution in [0.4, 0.5) is 4.39 Å². The fourth-order valence-electron chi connectivity index (χ4n) is 4.01. The molecule has 0 spiro atoms. The van der Waals surface area contributed by atoms with Gasteiger partial charge in [0.25, 0.3) is 5.91 Å². The first-order valence-electron chi connectivity index (χ1n) is 9.37. The minimum atomic E-state index is -0.378. The van der Waals surface area contributed by atoms with E-state index in [1.807, 2.05) is 32.9 Å². The van der Waals surface area contributed by atoms with Gasteiger partial charge in [-0.1, -0.05) is 25.1 Å². The Bertz CT molecular complexity index is 1060. The Balaban J connectivity index is 1.94. The van der Waals surface area contributed by atoms with E-state index in [4.69, 9.17) is 0 Å². The third-order valence-corrected chi connectivity index (χ3v) is 5.21. The summed E-state index contributed by atoms with van der Waals surface area (Å²) in [5.41, 5.74) is 4.86. The summed E-state index contributed by atoms with van der Waals surface area (Å²) in [5.74, 6) is -0.303. The van der Waals surface area contributed by atoms with Crippen molar-refractivity contribution in [1.82, 2.24) is 15.1 Å². The number of phenols is 1. The van der Waals surface area contributed by atoms with Crippen LogP contribution in [0.15, 0.2) is 36.4 Å². The number of aromatic nitrogens is 2. The summed E-state index contributed by atoms with van der Waals surface area (Å²) in [6.07, 6.45) is 0.797. The number of phenolic OH excluding ortho intramolecular Hbond substituents is 1. The topological polar surface area (TPSA) is 69.2 Å². The highest BCUT2D eigenvalue weighted by molar-refractivity contribution is 6.00. The molecule has 1 aliphatic rings. The average molecular weight is 379 g/mol. The first-order chi connectivity index (χ1) is 13.4. The molecule has 5 nitrogen and oxygen atoms in total. The lowest BCUT2D eigenvalue weighted by Gasteiger charge is -2.26. The molecule has 0 saturated heterocycles. The van der Waals surface area contributed by atoms with E-state index in [9.17, 15) is 14.3 Å². The second-order valence-corrected chi connectivity index (χ2v) is 7.29. The summed E-state index contributed by atoms with van der Waals surface area (Å²) < 4.78 is 13.5. The summed E-state index contributed by atoms with van der Waals surface area (Å²) >= 11 is 0. The molecule has 0 saturated carbocycles. The van der Waals surface area contributed by atoms with Gasteiger partial charge in [-0.15, -0.1) is 0 Å². The maximum Gasteiger partial charge on any atom is 0.273 e. The summed E-state index contributed by atoms with van der Waals surface area (Å²) in [7, 11) is 0. The molecule has 2 aromatic carbocycles. The monoisotopic (exact) mass is 379 g/mol. The van der Waals surface area contributed by atoms with E-state index in [0.717, 1.165) is 28.7 Å². The van der Waals surface area contributed by atoms with E-state index in [1.54, 1.807) is 17.0 Å². The van der Waals surface area contributed by atoms with Crippen LogP contribution in [0.1, 0.15) is 52.1 Å². The Morgan fingerprint density at radius 2 is 1.93 bits per heavy atom. The number of nitrogens with one attached hydrogen (secondary N) is 1. The Hall–Kier alpha value is -3.15. The molecule has 0 aliphatic carbocycles. The smallest absolute Gasteiger partial charge is 0.273 e. The molecule has 1 aliphatic heterocycles. The van der Waals surface area contributed by atoms with Crippen molar-refractivity contribution in [2.24, 2.45) is 0 Å². The average Bonchev–Trinajstić information content (AvgIpc) is 3.19. The van der Waals surface area contributed by atoms with E-state index in [-0.39, 0.29) is 23.5 Å². The third-order valence-electron chi connectivity index (χ3n) is 5.21. The highest BCUT2D eigenvalue weighted by atomic mass is 19.1. The molecule has 0 fully saturated rings. The maximum absolute atomic E-state index is 13.5. The first-order valence-corrected chi connectivity index (χ1v) is 9.37. The van der Waals surface area contributed by atoms with Gasteiger partial charge >= 0.3 is 0 Å². The highest BCUT2D eigenvalue weighted by Crippen LogP contribution is 2.45. The number of hydrogen-bond acceptors (Lipinski definition) is 3. The number of H-pyrrole nitrogens is 1. The summed E-state index contributed by atoms with van der Waals surface area (Å²) in [6, 6.07) is 9.58. The zero-order chi connectivity index (χ0) is 20.0.